The Morgan fingerprint density at radius 3 is 1.80 bits per heavy atom. The van der Waals surface area contributed by atoms with Crippen molar-refractivity contribution in [1.82, 2.24) is 4.90 Å². The van der Waals surface area contributed by atoms with Crippen molar-refractivity contribution in [3.8, 4) is 23.0 Å². The van der Waals surface area contributed by atoms with Crippen molar-refractivity contribution in [2.24, 2.45) is 0 Å². The van der Waals surface area contributed by atoms with Crippen LogP contribution >= 0.6 is 0 Å². The van der Waals surface area contributed by atoms with Gasteiger partial charge in [0.25, 0.3) is 5.91 Å². The molecule has 7 nitrogen and oxygen atoms in total. The number of hydrogen-bond donors (Lipinski definition) is 0. The Morgan fingerprint density at radius 1 is 0.800 bits per heavy atom. The predicted molar refractivity (Wildman–Crippen MR) is 119 cm³/mol. The molecule has 164 valence electrons. The summed E-state index contributed by atoms with van der Waals surface area (Å²) in [6, 6.07) is 10.8. The van der Waals surface area contributed by atoms with Gasteiger partial charge in [-0.3, -0.25) is 4.79 Å². The third-order valence-corrected chi connectivity index (χ3v) is 5.08. The molecule has 2 aromatic carbocycles. The average Bonchev–Trinajstić information content (AvgIpc) is 2.80. The number of amides is 1. The van der Waals surface area contributed by atoms with Crippen LogP contribution in [0.15, 0.2) is 36.4 Å². The van der Waals surface area contributed by atoms with Crippen LogP contribution in [0, 0.1) is 0 Å². The summed E-state index contributed by atoms with van der Waals surface area (Å²) in [7, 11) is 6.23. The summed E-state index contributed by atoms with van der Waals surface area (Å²) in [5.41, 5.74) is 1.25. The lowest BCUT2D eigenvalue weighted by Gasteiger charge is -2.27. The zero-order valence-corrected chi connectivity index (χ0v) is 18.7. The van der Waals surface area contributed by atoms with E-state index in [9.17, 15) is 4.79 Å². The molecule has 30 heavy (non-hydrogen) atoms. The highest BCUT2D eigenvalue weighted by atomic mass is 16.5. The van der Waals surface area contributed by atoms with E-state index in [2.05, 4.69) is 18.7 Å². The maximum atomic E-state index is 13.5. The molecule has 2 rings (SSSR count). The Hall–Kier alpha value is -2.93. The number of anilines is 1. The van der Waals surface area contributed by atoms with Crippen LogP contribution in [0.1, 0.15) is 24.2 Å². The van der Waals surface area contributed by atoms with Crippen molar-refractivity contribution in [3.63, 3.8) is 0 Å². The minimum atomic E-state index is -0.147. The van der Waals surface area contributed by atoms with Gasteiger partial charge < -0.3 is 28.7 Å². The lowest BCUT2D eigenvalue weighted by Crippen LogP contribution is -2.39. The van der Waals surface area contributed by atoms with Crippen LogP contribution in [-0.4, -0.2) is 65.4 Å². The van der Waals surface area contributed by atoms with Crippen molar-refractivity contribution < 1.29 is 23.7 Å². The van der Waals surface area contributed by atoms with Crippen LogP contribution in [0.2, 0.25) is 0 Å². The predicted octanol–water partition coefficient (Wildman–Crippen LogP) is 3.71. The molecule has 0 aliphatic carbocycles. The lowest BCUT2D eigenvalue weighted by atomic mass is 10.1. The first-order valence-electron chi connectivity index (χ1n) is 10.0. The third kappa shape index (κ3) is 5.36. The number of benzene rings is 2. The highest BCUT2D eigenvalue weighted by Crippen LogP contribution is 2.38. The molecule has 0 spiro atoms. The first kappa shape index (κ1) is 23.3. The van der Waals surface area contributed by atoms with E-state index in [-0.39, 0.29) is 5.91 Å². The second-order valence-electron chi connectivity index (χ2n) is 6.60. The second-order valence-corrected chi connectivity index (χ2v) is 6.60. The summed E-state index contributed by atoms with van der Waals surface area (Å²) in [6.45, 7) is 7.37. The summed E-state index contributed by atoms with van der Waals surface area (Å²) in [6.07, 6.45) is 0. The van der Waals surface area contributed by atoms with Crippen LogP contribution < -0.4 is 23.8 Å². The molecule has 0 aliphatic heterocycles. The van der Waals surface area contributed by atoms with E-state index in [1.165, 1.54) is 21.3 Å². The minimum Gasteiger partial charge on any atom is -0.497 e. The van der Waals surface area contributed by atoms with Crippen molar-refractivity contribution in [2.45, 2.75) is 13.8 Å². The Balaban J connectivity index is 2.44. The molecule has 2 aromatic rings. The smallest absolute Gasteiger partial charge is 0.258 e. The molecule has 7 heteroatoms. The fraction of sp³-hybridized carbons (Fsp3) is 0.435. The molecule has 1 amide bonds. The Bertz CT molecular complexity index is 794. The number of methoxy groups -OCH3 is 4. The molecule has 0 heterocycles. The van der Waals surface area contributed by atoms with Gasteiger partial charge in [-0.15, -0.1) is 0 Å². The van der Waals surface area contributed by atoms with Gasteiger partial charge in [0.2, 0.25) is 5.75 Å². The van der Waals surface area contributed by atoms with Crippen molar-refractivity contribution in [1.29, 1.82) is 0 Å². The van der Waals surface area contributed by atoms with Gasteiger partial charge in [0.1, 0.15) is 5.75 Å². The number of ether oxygens (including phenoxy) is 4. The van der Waals surface area contributed by atoms with E-state index in [4.69, 9.17) is 18.9 Å². The number of hydrogen-bond acceptors (Lipinski definition) is 6. The highest BCUT2D eigenvalue weighted by molar-refractivity contribution is 6.07. The van der Waals surface area contributed by atoms with E-state index in [1.807, 2.05) is 24.3 Å². The monoisotopic (exact) mass is 416 g/mol. The molecule has 0 bridgehead atoms. The normalized spacial score (nSPS) is 10.6. The molecule has 0 fully saturated rings. The van der Waals surface area contributed by atoms with E-state index in [1.54, 1.807) is 24.1 Å². The first-order valence-corrected chi connectivity index (χ1v) is 10.0. The SMILES string of the molecule is CCN(CC)CCN(C(=O)c1cc(OC)c(OC)c(OC)c1)c1ccc(OC)cc1. The van der Waals surface area contributed by atoms with Crippen LogP contribution in [0.5, 0.6) is 23.0 Å². The lowest BCUT2D eigenvalue weighted by molar-refractivity contribution is 0.0983. The van der Waals surface area contributed by atoms with E-state index >= 15 is 0 Å². The van der Waals surface area contributed by atoms with Crippen LogP contribution in [0.3, 0.4) is 0 Å². The zero-order valence-electron chi connectivity index (χ0n) is 18.7. The Labute approximate surface area is 179 Å². The summed E-state index contributed by atoms with van der Waals surface area (Å²) in [4.78, 5) is 17.6. The van der Waals surface area contributed by atoms with Crippen molar-refractivity contribution in [3.05, 3.63) is 42.0 Å². The number of rotatable bonds is 11. The van der Waals surface area contributed by atoms with E-state index in [0.717, 1.165) is 31.1 Å². The molecule has 0 atom stereocenters. The van der Waals surface area contributed by atoms with Gasteiger partial charge in [-0.25, -0.2) is 0 Å². The number of likely N-dealkylation sites (N-methyl/N-ethyl adjacent to an activating group) is 1. The summed E-state index contributed by atoms with van der Waals surface area (Å²) < 4.78 is 21.5. The summed E-state index contributed by atoms with van der Waals surface area (Å²) in [5.74, 6) is 1.93. The molecular formula is C23H32N2O5. The van der Waals surface area contributed by atoms with Gasteiger partial charge in [-0.2, -0.15) is 0 Å². The number of nitrogens with zero attached hydrogens (tertiary/aromatic N) is 2. The first-order chi connectivity index (χ1) is 14.5. The second kappa shape index (κ2) is 11.3. The standard InChI is InChI=1S/C23H32N2O5/c1-7-24(8-2)13-14-25(18-9-11-19(27-3)12-10-18)23(26)17-15-20(28-4)22(30-6)21(16-17)29-5/h9-12,15-16H,7-8,13-14H2,1-6H3. The largest absolute Gasteiger partial charge is 0.497 e. The molecular weight excluding hydrogens is 384 g/mol. The van der Waals surface area contributed by atoms with E-state index < -0.39 is 0 Å². The summed E-state index contributed by atoms with van der Waals surface area (Å²) in [5, 5.41) is 0. The number of carbonyl (C=O) groups is 1. The highest BCUT2D eigenvalue weighted by Gasteiger charge is 2.23. The van der Waals surface area contributed by atoms with Gasteiger partial charge in [-0.1, -0.05) is 13.8 Å². The maximum Gasteiger partial charge on any atom is 0.258 e. The Morgan fingerprint density at radius 2 is 1.37 bits per heavy atom. The maximum absolute atomic E-state index is 13.5. The fourth-order valence-corrected chi connectivity index (χ4v) is 3.25. The molecule has 0 aliphatic rings. The van der Waals surface area contributed by atoms with Crippen LogP contribution in [0.4, 0.5) is 5.69 Å². The van der Waals surface area contributed by atoms with Gasteiger partial charge in [0.15, 0.2) is 11.5 Å². The average molecular weight is 417 g/mol. The van der Waals surface area contributed by atoms with Gasteiger partial charge in [-0.05, 0) is 49.5 Å². The topological polar surface area (TPSA) is 60.5 Å². The van der Waals surface area contributed by atoms with Crippen LogP contribution in [0.25, 0.3) is 0 Å². The van der Waals surface area contributed by atoms with Gasteiger partial charge in [0.05, 0.1) is 28.4 Å². The molecule has 0 saturated carbocycles. The van der Waals surface area contributed by atoms with Crippen molar-refractivity contribution in [2.75, 3.05) is 59.5 Å². The number of carbonyl (C=O) groups excluding carboxylic acids is 1. The van der Waals surface area contributed by atoms with E-state index in [0.29, 0.717) is 29.4 Å². The fourth-order valence-electron chi connectivity index (χ4n) is 3.25. The minimum absolute atomic E-state index is 0.147. The Kier molecular flexibility index (Phi) is 8.80. The third-order valence-electron chi connectivity index (χ3n) is 5.08. The van der Waals surface area contributed by atoms with Gasteiger partial charge >= 0.3 is 0 Å². The molecule has 0 N–H and O–H groups in total. The quantitative estimate of drug-likeness (QED) is 0.557. The van der Waals surface area contributed by atoms with Crippen LogP contribution in [-0.2, 0) is 0 Å². The molecule has 0 aromatic heterocycles. The summed E-state index contributed by atoms with van der Waals surface area (Å²) >= 11 is 0. The van der Waals surface area contributed by atoms with Gasteiger partial charge in [0, 0.05) is 24.3 Å². The zero-order chi connectivity index (χ0) is 22.1. The molecule has 0 radical (unpaired) electrons. The van der Waals surface area contributed by atoms with Crippen molar-refractivity contribution >= 4 is 11.6 Å². The molecule has 0 unspecified atom stereocenters. The molecule has 0 saturated heterocycles.